The van der Waals surface area contributed by atoms with Crippen molar-refractivity contribution in [2.45, 2.75) is 13.0 Å². The van der Waals surface area contributed by atoms with Crippen LogP contribution in [0.1, 0.15) is 17.3 Å². The molecule has 0 fully saturated rings. The predicted octanol–water partition coefficient (Wildman–Crippen LogP) is 3.95. The van der Waals surface area contributed by atoms with E-state index in [0.29, 0.717) is 16.6 Å². The fourth-order valence-electron chi connectivity index (χ4n) is 3.03. The Hall–Kier alpha value is -2.08. The third-order valence-corrected chi connectivity index (χ3v) is 4.95. The lowest BCUT2D eigenvalue weighted by molar-refractivity contribution is 0.0708. The summed E-state index contributed by atoms with van der Waals surface area (Å²) in [5, 5.41) is 0. The van der Waals surface area contributed by atoms with Crippen molar-refractivity contribution < 1.29 is 13.9 Å². The number of halogens is 2. The highest BCUT2D eigenvalue weighted by Gasteiger charge is 2.27. The molecule has 0 N–H and O–H groups in total. The third kappa shape index (κ3) is 3.79. The first-order valence-corrected chi connectivity index (χ1v) is 9.00. The molecular formula is C19H20BrFN2O2. The minimum absolute atomic E-state index is 0.122. The van der Waals surface area contributed by atoms with Crippen LogP contribution in [0.15, 0.2) is 46.9 Å². The summed E-state index contributed by atoms with van der Waals surface area (Å²) in [5.74, 6) is 0.290. The van der Waals surface area contributed by atoms with Gasteiger partial charge in [-0.05, 0) is 53.2 Å². The molecule has 0 saturated carbocycles. The van der Waals surface area contributed by atoms with Crippen molar-refractivity contribution in [2.24, 2.45) is 0 Å². The molecule has 1 heterocycles. The summed E-state index contributed by atoms with van der Waals surface area (Å²) in [6, 6.07) is 12.0. The summed E-state index contributed by atoms with van der Waals surface area (Å²) in [6.45, 7) is 4.14. The van der Waals surface area contributed by atoms with Gasteiger partial charge < -0.3 is 14.5 Å². The molecule has 0 aromatic heterocycles. The average Bonchev–Trinajstić information content (AvgIpc) is 2.60. The van der Waals surface area contributed by atoms with Gasteiger partial charge in [-0.25, -0.2) is 4.39 Å². The van der Waals surface area contributed by atoms with Gasteiger partial charge in [0, 0.05) is 18.1 Å². The number of anilines is 1. The van der Waals surface area contributed by atoms with Crippen LogP contribution in [0.4, 0.5) is 10.1 Å². The van der Waals surface area contributed by atoms with E-state index in [1.165, 1.54) is 18.2 Å². The summed E-state index contributed by atoms with van der Waals surface area (Å²) in [4.78, 5) is 16.5. The van der Waals surface area contributed by atoms with Gasteiger partial charge in [-0.2, -0.15) is 0 Å². The summed E-state index contributed by atoms with van der Waals surface area (Å²) in [6.07, 6.45) is -0.122. The van der Waals surface area contributed by atoms with E-state index in [1.807, 2.05) is 24.3 Å². The number of carbonyl (C=O) groups is 1. The summed E-state index contributed by atoms with van der Waals surface area (Å²) in [5.41, 5.74) is 1.52. The number of benzene rings is 2. The summed E-state index contributed by atoms with van der Waals surface area (Å²) >= 11 is 3.26. The van der Waals surface area contributed by atoms with Crippen molar-refractivity contribution in [2.75, 3.05) is 31.6 Å². The van der Waals surface area contributed by atoms with Crippen LogP contribution in [0.2, 0.25) is 0 Å². The number of rotatable bonds is 4. The number of likely N-dealkylation sites (N-methyl/N-ethyl adjacent to an activating group) is 2. The topological polar surface area (TPSA) is 32.8 Å². The van der Waals surface area contributed by atoms with Crippen LogP contribution in [-0.4, -0.2) is 43.6 Å². The lowest BCUT2D eigenvalue weighted by atomic mass is 10.1. The molecule has 0 radical (unpaired) electrons. The zero-order valence-electron chi connectivity index (χ0n) is 14.2. The average molecular weight is 407 g/mol. The molecule has 1 aliphatic heterocycles. The van der Waals surface area contributed by atoms with E-state index in [4.69, 9.17) is 4.74 Å². The van der Waals surface area contributed by atoms with Gasteiger partial charge in [0.15, 0.2) is 0 Å². The molecule has 0 unspecified atom stereocenters. The number of carbonyl (C=O) groups excluding carboxylic acids is 1. The van der Waals surface area contributed by atoms with E-state index in [1.54, 1.807) is 11.9 Å². The molecule has 0 spiro atoms. The van der Waals surface area contributed by atoms with Crippen molar-refractivity contribution in [3.8, 4) is 5.75 Å². The second-order valence-electron chi connectivity index (χ2n) is 6.06. The zero-order chi connectivity index (χ0) is 18.0. The normalized spacial score (nSPS) is 16.2. The highest BCUT2D eigenvalue weighted by molar-refractivity contribution is 9.10. The van der Waals surface area contributed by atoms with Crippen LogP contribution >= 0.6 is 15.9 Å². The van der Waals surface area contributed by atoms with Crippen LogP contribution in [0.3, 0.4) is 0 Å². The molecule has 132 valence electrons. The molecule has 0 aliphatic carbocycles. The quantitative estimate of drug-likeness (QED) is 0.770. The second kappa shape index (κ2) is 7.44. The van der Waals surface area contributed by atoms with Crippen LogP contribution in [0, 0.1) is 5.82 Å². The van der Waals surface area contributed by atoms with Crippen LogP contribution in [-0.2, 0) is 0 Å². The second-order valence-corrected chi connectivity index (χ2v) is 6.91. The Balaban J connectivity index is 1.73. The van der Waals surface area contributed by atoms with Crippen LogP contribution in [0.25, 0.3) is 0 Å². The number of hydrogen-bond donors (Lipinski definition) is 0. The molecule has 0 bridgehead atoms. The van der Waals surface area contributed by atoms with E-state index in [0.717, 1.165) is 24.5 Å². The minimum atomic E-state index is -0.378. The third-order valence-electron chi connectivity index (χ3n) is 4.29. The fraction of sp³-hybridized carbons (Fsp3) is 0.316. The van der Waals surface area contributed by atoms with Crippen molar-refractivity contribution >= 4 is 27.5 Å². The van der Waals surface area contributed by atoms with Gasteiger partial charge in [0.25, 0.3) is 5.91 Å². The fourth-order valence-corrected chi connectivity index (χ4v) is 3.55. The Morgan fingerprint density at radius 3 is 2.84 bits per heavy atom. The maximum Gasteiger partial charge on any atom is 0.254 e. The molecule has 4 nitrogen and oxygen atoms in total. The van der Waals surface area contributed by atoms with E-state index < -0.39 is 0 Å². The first-order valence-electron chi connectivity index (χ1n) is 8.20. The van der Waals surface area contributed by atoms with Crippen molar-refractivity contribution in [3.05, 3.63) is 58.3 Å². The number of hydrogen-bond acceptors (Lipinski definition) is 3. The summed E-state index contributed by atoms with van der Waals surface area (Å²) in [7, 11) is 1.73. The lowest BCUT2D eigenvalue weighted by Gasteiger charge is -2.37. The van der Waals surface area contributed by atoms with Gasteiger partial charge in [0.05, 0.1) is 24.3 Å². The predicted molar refractivity (Wildman–Crippen MR) is 99.8 cm³/mol. The Labute approximate surface area is 155 Å². The molecule has 2 aromatic rings. The SMILES string of the molecule is CCN1C[C@@H](CN(C)C(=O)c2ccc(F)cc2Br)Oc2ccccc21. The lowest BCUT2D eigenvalue weighted by Crippen LogP contribution is -2.46. The van der Waals surface area contributed by atoms with Gasteiger partial charge in [-0.1, -0.05) is 12.1 Å². The molecule has 2 aromatic carbocycles. The van der Waals surface area contributed by atoms with Gasteiger partial charge in [-0.3, -0.25) is 4.79 Å². The zero-order valence-corrected chi connectivity index (χ0v) is 15.8. The first kappa shape index (κ1) is 17.7. The molecule has 25 heavy (non-hydrogen) atoms. The maximum absolute atomic E-state index is 13.2. The first-order chi connectivity index (χ1) is 12.0. The molecule has 1 atom stereocenters. The van der Waals surface area contributed by atoms with Gasteiger partial charge in [0.1, 0.15) is 17.7 Å². The largest absolute Gasteiger partial charge is 0.485 e. The van der Waals surface area contributed by atoms with Crippen LogP contribution < -0.4 is 9.64 Å². The van der Waals surface area contributed by atoms with Crippen molar-refractivity contribution in [3.63, 3.8) is 0 Å². The van der Waals surface area contributed by atoms with E-state index in [9.17, 15) is 9.18 Å². The summed E-state index contributed by atoms with van der Waals surface area (Å²) < 4.78 is 19.7. The number of amides is 1. The Morgan fingerprint density at radius 2 is 2.12 bits per heavy atom. The molecule has 0 saturated heterocycles. The maximum atomic E-state index is 13.2. The number of nitrogens with zero attached hydrogens (tertiary/aromatic N) is 2. The van der Waals surface area contributed by atoms with Gasteiger partial charge >= 0.3 is 0 Å². The number of ether oxygens (including phenoxy) is 1. The molecule has 3 rings (SSSR count). The smallest absolute Gasteiger partial charge is 0.254 e. The highest BCUT2D eigenvalue weighted by Crippen LogP contribution is 2.33. The monoisotopic (exact) mass is 406 g/mol. The van der Waals surface area contributed by atoms with Crippen LogP contribution in [0.5, 0.6) is 5.75 Å². The Morgan fingerprint density at radius 1 is 1.36 bits per heavy atom. The minimum Gasteiger partial charge on any atom is -0.485 e. The Bertz CT molecular complexity index is 784. The van der Waals surface area contributed by atoms with E-state index in [2.05, 4.69) is 27.8 Å². The van der Waals surface area contributed by atoms with Crippen molar-refractivity contribution in [1.82, 2.24) is 4.90 Å². The van der Waals surface area contributed by atoms with E-state index >= 15 is 0 Å². The van der Waals surface area contributed by atoms with Gasteiger partial charge in [-0.15, -0.1) is 0 Å². The number of para-hydroxylation sites is 2. The molecule has 1 aliphatic rings. The molecule has 1 amide bonds. The number of fused-ring (bicyclic) bond motifs is 1. The van der Waals surface area contributed by atoms with Gasteiger partial charge in [0.2, 0.25) is 0 Å². The Kier molecular flexibility index (Phi) is 5.27. The highest BCUT2D eigenvalue weighted by atomic mass is 79.9. The van der Waals surface area contributed by atoms with E-state index in [-0.39, 0.29) is 17.8 Å². The standard InChI is InChI=1S/C19H20BrFN2O2/c1-3-23-12-14(25-18-7-5-4-6-17(18)23)11-22(2)19(24)15-9-8-13(21)10-16(15)20/h4-10,14H,3,11-12H2,1-2H3/t14-/m1/s1. The molecule has 6 heteroatoms. The van der Waals surface area contributed by atoms with Crippen molar-refractivity contribution in [1.29, 1.82) is 0 Å². The molecular weight excluding hydrogens is 387 g/mol.